The van der Waals surface area contributed by atoms with Gasteiger partial charge in [0.15, 0.2) is 5.84 Å². The number of hydrogen-bond donors (Lipinski definition) is 1. The number of nitrogens with one attached hydrogen (secondary N) is 1. The number of hydrogen-bond acceptors (Lipinski definition) is 5. The van der Waals surface area contributed by atoms with Crippen LogP contribution in [-0.4, -0.2) is 27.9 Å². The molecule has 0 unspecified atom stereocenters. The van der Waals surface area contributed by atoms with Gasteiger partial charge in [0, 0.05) is 5.56 Å². The minimum atomic E-state index is 0.662. The van der Waals surface area contributed by atoms with Crippen molar-refractivity contribution in [3.63, 3.8) is 0 Å². The Kier molecular flexibility index (Phi) is 4.30. The first-order chi connectivity index (χ1) is 12.8. The zero-order valence-corrected chi connectivity index (χ0v) is 14.2. The van der Waals surface area contributed by atoms with Crippen molar-refractivity contribution in [2.45, 2.75) is 0 Å². The van der Waals surface area contributed by atoms with Crippen LogP contribution in [-0.2, 0) is 0 Å². The van der Waals surface area contributed by atoms with Gasteiger partial charge in [-0.25, -0.2) is 0 Å². The number of para-hydroxylation sites is 1. The van der Waals surface area contributed by atoms with Crippen LogP contribution in [0.2, 0.25) is 0 Å². The normalized spacial score (nSPS) is 11.5. The first kappa shape index (κ1) is 15.8. The molecule has 0 saturated carbocycles. The molecule has 0 aliphatic heterocycles. The fourth-order valence-corrected chi connectivity index (χ4v) is 2.63. The number of fused-ring (bicyclic) bond motifs is 1. The Morgan fingerprint density at radius 2 is 1.65 bits per heavy atom. The van der Waals surface area contributed by atoms with Crippen LogP contribution in [0.15, 0.2) is 84.0 Å². The number of ether oxygens (including phenoxy) is 1. The molecule has 3 aromatic carbocycles. The SMILES string of the molecule is COc1ccc(N/N=C(\c2ccccc2)n2nnc3ccccc32)cc1. The number of benzene rings is 3. The third-order valence-electron chi connectivity index (χ3n) is 3.97. The number of nitrogens with zero attached hydrogens (tertiary/aromatic N) is 4. The predicted octanol–water partition coefficient (Wildman–Crippen LogP) is 3.76. The van der Waals surface area contributed by atoms with Crippen molar-refractivity contribution >= 4 is 22.6 Å². The quantitative estimate of drug-likeness (QED) is 0.348. The first-order valence-corrected chi connectivity index (χ1v) is 8.19. The van der Waals surface area contributed by atoms with Gasteiger partial charge in [0.2, 0.25) is 0 Å². The third-order valence-corrected chi connectivity index (χ3v) is 3.97. The van der Waals surface area contributed by atoms with Gasteiger partial charge in [-0.3, -0.25) is 5.43 Å². The van der Waals surface area contributed by atoms with Gasteiger partial charge in [-0.1, -0.05) is 47.7 Å². The van der Waals surface area contributed by atoms with Crippen molar-refractivity contribution in [2.75, 3.05) is 12.5 Å². The van der Waals surface area contributed by atoms with Crippen molar-refractivity contribution in [2.24, 2.45) is 5.10 Å². The lowest BCUT2D eigenvalue weighted by Gasteiger charge is -2.09. The standard InChI is InChI=1S/C20H17N5O/c1-26-17-13-11-16(12-14-17)21-23-20(15-7-3-2-4-8-15)25-19-10-6-5-9-18(19)22-24-25/h2-14,21H,1H3/b23-20+. The second-order valence-corrected chi connectivity index (χ2v) is 5.63. The van der Waals surface area contributed by atoms with Crippen molar-refractivity contribution in [3.05, 3.63) is 84.4 Å². The molecule has 128 valence electrons. The molecule has 1 N–H and O–H groups in total. The molecule has 6 heteroatoms. The van der Waals surface area contributed by atoms with Gasteiger partial charge in [-0.2, -0.15) is 9.78 Å². The minimum absolute atomic E-state index is 0.662. The molecule has 0 spiro atoms. The predicted molar refractivity (Wildman–Crippen MR) is 103 cm³/mol. The lowest BCUT2D eigenvalue weighted by molar-refractivity contribution is 0.415. The van der Waals surface area contributed by atoms with E-state index in [1.807, 2.05) is 78.9 Å². The Balaban J connectivity index is 1.75. The molecule has 1 heterocycles. The molecule has 1 aromatic heterocycles. The van der Waals surface area contributed by atoms with E-state index in [0.717, 1.165) is 28.0 Å². The summed E-state index contributed by atoms with van der Waals surface area (Å²) in [4.78, 5) is 0. The maximum atomic E-state index is 5.19. The van der Waals surface area contributed by atoms with Gasteiger partial charge in [0.05, 0.1) is 18.3 Å². The van der Waals surface area contributed by atoms with Gasteiger partial charge in [-0.15, -0.1) is 5.10 Å². The van der Waals surface area contributed by atoms with Gasteiger partial charge < -0.3 is 4.74 Å². The van der Waals surface area contributed by atoms with E-state index in [2.05, 4.69) is 20.8 Å². The molecule has 0 amide bonds. The summed E-state index contributed by atoms with van der Waals surface area (Å²) in [6, 6.07) is 25.3. The summed E-state index contributed by atoms with van der Waals surface area (Å²) < 4.78 is 6.92. The lowest BCUT2D eigenvalue weighted by atomic mass is 10.2. The minimum Gasteiger partial charge on any atom is -0.497 e. The fraction of sp³-hybridized carbons (Fsp3) is 0.0500. The molecule has 0 saturated heterocycles. The first-order valence-electron chi connectivity index (χ1n) is 8.19. The van der Waals surface area contributed by atoms with Crippen LogP contribution < -0.4 is 10.2 Å². The van der Waals surface area contributed by atoms with Crippen molar-refractivity contribution < 1.29 is 4.74 Å². The number of anilines is 1. The van der Waals surface area contributed by atoms with E-state index in [1.165, 1.54) is 0 Å². The Labute approximate surface area is 150 Å². The van der Waals surface area contributed by atoms with E-state index in [9.17, 15) is 0 Å². The van der Waals surface area contributed by atoms with E-state index in [4.69, 9.17) is 4.74 Å². The highest BCUT2D eigenvalue weighted by molar-refractivity contribution is 6.04. The lowest BCUT2D eigenvalue weighted by Crippen LogP contribution is -2.17. The molecular weight excluding hydrogens is 326 g/mol. The Morgan fingerprint density at radius 3 is 2.42 bits per heavy atom. The van der Waals surface area contributed by atoms with E-state index < -0.39 is 0 Å². The Bertz CT molecular complexity index is 1040. The van der Waals surface area contributed by atoms with E-state index >= 15 is 0 Å². The van der Waals surface area contributed by atoms with Gasteiger partial charge in [0.25, 0.3) is 0 Å². The van der Waals surface area contributed by atoms with Crippen molar-refractivity contribution in [3.8, 4) is 5.75 Å². The van der Waals surface area contributed by atoms with Crippen LogP contribution >= 0.6 is 0 Å². The Morgan fingerprint density at radius 1 is 0.923 bits per heavy atom. The van der Waals surface area contributed by atoms with Gasteiger partial charge in [-0.05, 0) is 36.4 Å². The summed E-state index contributed by atoms with van der Waals surface area (Å²) in [7, 11) is 1.64. The monoisotopic (exact) mass is 343 g/mol. The number of rotatable bonds is 4. The van der Waals surface area contributed by atoms with E-state index in [-0.39, 0.29) is 0 Å². The maximum absolute atomic E-state index is 5.19. The second-order valence-electron chi connectivity index (χ2n) is 5.63. The van der Waals surface area contributed by atoms with Crippen LogP contribution in [0.3, 0.4) is 0 Å². The summed E-state index contributed by atoms with van der Waals surface area (Å²) in [6.07, 6.45) is 0. The molecule has 4 aromatic rings. The van der Waals surface area contributed by atoms with Crippen LogP contribution in [0.25, 0.3) is 11.0 Å². The zero-order valence-electron chi connectivity index (χ0n) is 14.2. The summed E-state index contributed by atoms with van der Waals surface area (Å²) >= 11 is 0. The number of aromatic nitrogens is 3. The number of methoxy groups -OCH3 is 1. The molecule has 0 bridgehead atoms. The van der Waals surface area contributed by atoms with Crippen molar-refractivity contribution in [1.82, 2.24) is 15.0 Å². The molecular formula is C20H17N5O. The summed E-state index contributed by atoms with van der Waals surface area (Å²) in [5.41, 5.74) is 6.59. The van der Waals surface area contributed by atoms with Gasteiger partial charge in [0.1, 0.15) is 11.3 Å². The van der Waals surface area contributed by atoms with E-state index in [1.54, 1.807) is 11.8 Å². The molecule has 26 heavy (non-hydrogen) atoms. The molecule has 0 fully saturated rings. The highest BCUT2D eigenvalue weighted by atomic mass is 16.5. The second kappa shape index (κ2) is 7.06. The molecule has 0 radical (unpaired) electrons. The number of hydrazone groups is 1. The van der Waals surface area contributed by atoms with Crippen molar-refractivity contribution in [1.29, 1.82) is 0 Å². The molecule has 0 aliphatic carbocycles. The van der Waals surface area contributed by atoms with E-state index in [0.29, 0.717) is 5.84 Å². The summed E-state index contributed by atoms with van der Waals surface area (Å²) in [5, 5.41) is 13.1. The summed E-state index contributed by atoms with van der Waals surface area (Å²) in [6.45, 7) is 0. The molecule has 0 atom stereocenters. The third kappa shape index (κ3) is 3.12. The maximum Gasteiger partial charge on any atom is 0.182 e. The van der Waals surface area contributed by atoms with Crippen LogP contribution in [0.4, 0.5) is 5.69 Å². The topological polar surface area (TPSA) is 64.3 Å². The molecule has 4 rings (SSSR count). The largest absolute Gasteiger partial charge is 0.497 e. The van der Waals surface area contributed by atoms with Crippen LogP contribution in [0.1, 0.15) is 5.56 Å². The highest BCUT2D eigenvalue weighted by Crippen LogP contribution is 2.16. The summed E-state index contributed by atoms with van der Waals surface area (Å²) in [5.74, 6) is 1.46. The fourth-order valence-electron chi connectivity index (χ4n) is 2.63. The molecule has 0 aliphatic rings. The van der Waals surface area contributed by atoms with Crippen LogP contribution in [0.5, 0.6) is 5.75 Å². The van der Waals surface area contributed by atoms with Crippen LogP contribution in [0, 0.1) is 0 Å². The smallest absolute Gasteiger partial charge is 0.182 e. The highest BCUT2D eigenvalue weighted by Gasteiger charge is 2.12. The molecule has 6 nitrogen and oxygen atoms in total. The Hall–Kier alpha value is -3.67. The average molecular weight is 343 g/mol. The zero-order chi connectivity index (χ0) is 17.8. The van der Waals surface area contributed by atoms with Gasteiger partial charge >= 0.3 is 0 Å². The average Bonchev–Trinajstić information content (AvgIpc) is 3.14.